The first-order chi connectivity index (χ1) is 31.8. The molecule has 0 radical (unpaired) electrons. The highest BCUT2D eigenvalue weighted by molar-refractivity contribution is 5.69. The Kier molecular flexibility index (Phi) is 14.7. The molecule has 17 heteroatoms. The average molecular weight is 934 g/mol. The SMILES string of the molecule is COc1ccc(CN(Cc2ccc(OC)cc2)c2cc(C)c(C(F)(F)F)c(C3Cc4nc(OCC5C[C@@H](F)CN5C)nc(N5CCN(C(=O)OC(C)(C)C)C(CC#N)C5)c4CC3C)c2F)cc1. The molecule has 67 heavy (non-hydrogen) atoms. The quantitative estimate of drug-likeness (QED) is 0.119. The number of hydrogen-bond donors (Lipinski definition) is 0. The van der Waals surface area contributed by atoms with E-state index in [1.807, 2.05) is 41.0 Å². The van der Waals surface area contributed by atoms with E-state index in [1.54, 1.807) is 76.1 Å². The van der Waals surface area contributed by atoms with E-state index in [9.17, 15) is 14.4 Å². The van der Waals surface area contributed by atoms with Gasteiger partial charge in [0.15, 0.2) is 5.82 Å². The van der Waals surface area contributed by atoms with Gasteiger partial charge in [-0.25, -0.2) is 13.6 Å². The number of anilines is 2. The van der Waals surface area contributed by atoms with Crippen LogP contribution in [-0.2, 0) is 36.8 Å². The van der Waals surface area contributed by atoms with Crippen LogP contribution in [0.25, 0.3) is 0 Å². The Labute approximate surface area is 389 Å². The van der Waals surface area contributed by atoms with Crippen molar-refractivity contribution in [3.05, 3.63) is 99.5 Å². The molecule has 2 aliphatic heterocycles. The van der Waals surface area contributed by atoms with Gasteiger partial charge in [-0.1, -0.05) is 31.2 Å². The number of carbonyl (C=O) groups excluding carboxylic acids is 1. The van der Waals surface area contributed by atoms with Crippen molar-refractivity contribution < 1.29 is 45.7 Å². The molecule has 1 aromatic heterocycles. The second-order valence-electron chi connectivity index (χ2n) is 19.0. The van der Waals surface area contributed by atoms with Crippen molar-refractivity contribution in [2.24, 2.45) is 5.92 Å². The number of rotatable bonds is 13. The first kappa shape index (κ1) is 49.0. The zero-order valence-corrected chi connectivity index (χ0v) is 39.4. The number of aromatic nitrogens is 2. The number of amides is 1. The van der Waals surface area contributed by atoms with Crippen LogP contribution in [0.1, 0.15) is 85.5 Å². The topological polar surface area (TPSA) is 117 Å². The van der Waals surface area contributed by atoms with Gasteiger partial charge in [0.2, 0.25) is 0 Å². The summed E-state index contributed by atoms with van der Waals surface area (Å²) in [7, 11) is 4.91. The third-order valence-electron chi connectivity index (χ3n) is 13.0. The van der Waals surface area contributed by atoms with Gasteiger partial charge in [0, 0.05) is 56.4 Å². The molecule has 0 bridgehead atoms. The molecular weight excluding hydrogens is 874 g/mol. The summed E-state index contributed by atoms with van der Waals surface area (Å²) in [6.45, 7) is 9.84. The Hall–Kier alpha value is -5.89. The monoisotopic (exact) mass is 933 g/mol. The molecule has 5 atom stereocenters. The van der Waals surface area contributed by atoms with Crippen LogP contribution in [0.15, 0.2) is 54.6 Å². The molecule has 0 saturated carbocycles. The molecule has 1 aliphatic carbocycles. The van der Waals surface area contributed by atoms with Crippen LogP contribution in [0, 0.1) is 30.0 Å². The molecule has 0 spiro atoms. The molecule has 4 aromatic rings. The van der Waals surface area contributed by atoms with E-state index in [1.165, 1.54) is 13.0 Å². The lowest BCUT2D eigenvalue weighted by Crippen LogP contribution is -2.56. The lowest BCUT2D eigenvalue weighted by Gasteiger charge is -2.43. The molecule has 0 N–H and O–H groups in total. The summed E-state index contributed by atoms with van der Waals surface area (Å²) in [5.74, 6) is -0.761. The fourth-order valence-corrected chi connectivity index (χ4v) is 9.61. The molecule has 3 aromatic carbocycles. The summed E-state index contributed by atoms with van der Waals surface area (Å²) in [6, 6.07) is 17.1. The molecule has 2 fully saturated rings. The number of carbonyl (C=O) groups is 1. The normalized spacial score (nSPS) is 21.1. The van der Waals surface area contributed by atoms with E-state index in [0.29, 0.717) is 35.1 Å². The van der Waals surface area contributed by atoms with Crippen LogP contribution >= 0.6 is 0 Å². The number of hydrogen-bond acceptors (Lipinski definition) is 11. The Morgan fingerprint density at radius 3 is 2.09 bits per heavy atom. The number of likely N-dealkylation sites (N-methyl/N-ethyl adjacent to an activating group) is 1. The highest BCUT2D eigenvalue weighted by Gasteiger charge is 2.44. The largest absolute Gasteiger partial charge is 0.497 e. The van der Waals surface area contributed by atoms with Crippen LogP contribution < -0.4 is 24.0 Å². The van der Waals surface area contributed by atoms with E-state index in [0.717, 1.165) is 11.1 Å². The molecule has 4 unspecified atom stereocenters. The summed E-state index contributed by atoms with van der Waals surface area (Å²) in [4.78, 5) is 30.1. The highest BCUT2D eigenvalue weighted by Crippen LogP contribution is 2.48. The predicted molar refractivity (Wildman–Crippen MR) is 244 cm³/mol. The number of ether oxygens (including phenoxy) is 4. The van der Waals surface area contributed by atoms with E-state index in [2.05, 4.69) is 6.07 Å². The van der Waals surface area contributed by atoms with E-state index < -0.39 is 58.9 Å². The Morgan fingerprint density at radius 1 is 0.925 bits per heavy atom. The van der Waals surface area contributed by atoms with E-state index in [-0.39, 0.29) is 88.3 Å². The Bertz CT molecular complexity index is 2380. The molecule has 3 aliphatic rings. The molecule has 2 saturated heterocycles. The zero-order chi connectivity index (χ0) is 48.4. The number of fused-ring (bicyclic) bond motifs is 1. The van der Waals surface area contributed by atoms with Gasteiger partial charge in [0.25, 0.3) is 0 Å². The first-order valence-corrected chi connectivity index (χ1v) is 22.7. The Morgan fingerprint density at radius 2 is 1.55 bits per heavy atom. The molecule has 7 rings (SSSR count). The lowest BCUT2D eigenvalue weighted by atomic mass is 9.73. The van der Waals surface area contributed by atoms with Gasteiger partial charge in [-0.2, -0.15) is 28.4 Å². The third-order valence-corrected chi connectivity index (χ3v) is 13.0. The van der Waals surface area contributed by atoms with Crippen molar-refractivity contribution in [3.8, 4) is 23.6 Å². The van der Waals surface area contributed by atoms with Gasteiger partial charge >= 0.3 is 18.3 Å². The number of halogens is 5. The van der Waals surface area contributed by atoms with Gasteiger partial charge < -0.3 is 33.6 Å². The van der Waals surface area contributed by atoms with E-state index in [4.69, 9.17) is 28.9 Å². The number of aryl methyl sites for hydroxylation is 1. The minimum Gasteiger partial charge on any atom is -0.497 e. The van der Waals surface area contributed by atoms with Crippen molar-refractivity contribution in [2.75, 3.05) is 63.9 Å². The summed E-state index contributed by atoms with van der Waals surface area (Å²) < 4.78 is 101. The standard InChI is InChI=1S/C50H60F5N7O5/c1-30-21-40-41(57-47(66-29-36-23-34(51)27-59(36)6)58-46(40)60-19-20-62(35(28-60)17-18-56)48(63)67-49(3,4)5)24-39(30)43-44(50(53,54)55)31(2)22-42(45(43)52)61(25-32-9-13-37(64-7)14-10-32)26-33-11-15-38(65-8)16-12-33/h9-16,22,30,34-36,39H,17,19-21,23-29H2,1-8H3/t30?,34-,35?,36?,39?/m1/s1. The van der Waals surface area contributed by atoms with Crippen molar-refractivity contribution in [1.29, 1.82) is 5.26 Å². The van der Waals surface area contributed by atoms with E-state index >= 15 is 17.6 Å². The predicted octanol–water partition coefficient (Wildman–Crippen LogP) is 9.45. The van der Waals surface area contributed by atoms with Crippen molar-refractivity contribution in [3.63, 3.8) is 0 Å². The number of nitrogens with zero attached hydrogens (tertiary/aromatic N) is 7. The van der Waals surface area contributed by atoms with Crippen LogP contribution in [-0.4, -0.2) is 104 Å². The number of methoxy groups -OCH3 is 2. The fraction of sp³-hybridized carbons (Fsp3) is 0.520. The smallest absolute Gasteiger partial charge is 0.417 e. The highest BCUT2D eigenvalue weighted by atomic mass is 19.4. The van der Waals surface area contributed by atoms with Gasteiger partial charge in [0.1, 0.15) is 35.7 Å². The van der Waals surface area contributed by atoms with Crippen molar-refractivity contribution >= 4 is 17.6 Å². The van der Waals surface area contributed by atoms with Crippen molar-refractivity contribution in [1.82, 2.24) is 19.8 Å². The van der Waals surface area contributed by atoms with Gasteiger partial charge in [-0.3, -0.25) is 4.90 Å². The molecule has 3 heterocycles. The van der Waals surface area contributed by atoms with Gasteiger partial charge in [0.05, 0.1) is 49.7 Å². The van der Waals surface area contributed by atoms with Crippen LogP contribution in [0.3, 0.4) is 0 Å². The first-order valence-electron chi connectivity index (χ1n) is 22.7. The number of likely N-dealkylation sites (tertiary alicyclic amines) is 1. The second-order valence-corrected chi connectivity index (χ2v) is 19.0. The summed E-state index contributed by atoms with van der Waals surface area (Å²) in [5.41, 5.74) is 0.353. The average Bonchev–Trinajstić information content (AvgIpc) is 3.60. The minimum atomic E-state index is -4.90. The lowest BCUT2D eigenvalue weighted by molar-refractivity contribution is -0.139. The number of nitriles is 1. The summed E-state index contributed by atoms with van der Waals surface area (Å²) in [5, 5.41) is 9.84. The second kappa shape index (κ2) is 20.1. The Balaban J connectivity index is 1.31. The van der Waals surface area contributed by atoms with Crippen molar-refractivity contribution in [2.45, 2.75) is 109 Å². The summed E-state index contributed by atoms with van der Waals surface area (Å²) in [6.07, 6.45) is -6.09. The van der Waals surface area contributed by atoms with Crippen LogP contribution in [0.2, 0.25) is 0 Å². The van der Waals surface area contributed by atoms with Crippen LogP contribution in [0.5, 0.6) is 17.5 Å². The number of alkyl halides is 4. The zero-order valence-electron chi connectivity index (χ0n) is 39.4. The third kappa shape index (κ3) is 11.3. The minimum absolute atomic E-state index is 0.00635. The van der Waals surface area contributed by atoms with Gasteiger partial charge in [-0.15, -0.1) is 0 Å². The van der Waals surface area contributed by atoms with Crippen LogP contribution in [0.4, 0.5) is 38.3 Å². The number of benzene rings is 3. The molecule has 1 amide bonds. The maximum atomic E-state index is 17.9. The fourth-order valence-electron chi connectivity index (χ4n) is 9.61. The summed E-state index contributed by atoms with van der Waals surface area (Å²) >= 11 is 0. The molecule has 12 nitrogen and oxygen atoms in total. The molecular formula is C50H60F5N7O5. The number of piperazine rings is 1. The maximum Gasteiger partial charge on any atom is 0.417 e. The molecule has 360 valence electrons. The van der Waals surface area contributed by atoms with Gasteiger partial charge in [-0.05, 0) is 113 Å². The maximum absolute atomic E-state index is 17.9.